The Balaban J connectivity index is 2.24. The first kappa shape index (κ1) is 18.5. The molecule has 1 aromatic rings. The minimum Gasteiger partial charge on any atom is -0.353 e. The van der Waals surface area contributed by atoms with Gasteiger partial charge in [0.05, 0.1) is 5.41 Å². The largest absolute Gasteiger partial charge is 0.353 e. The molecule has 1 aromatic carbocycles. The van der Waals surface area contributed by atoms with E-state index in [1.165, 1.54) is 6.42 Å². The third kappa shape index (κ3) is 4.16. The lowest BCUT2D eigenvalue weighted by molar-refractivity contribution is -0.128. The number of benzene rings is 1. The topological polar surface area (TPSA) is 58.2 Å². The summed E-state index contributed by atoms with van der Waals surface area (Å²) >= 11 is 0. The highest BCUT2D eigenvalue weighted by molar-refractivity contribution is 5.92. The Morgan fingerprint density at radius 3 is 2.04 bits per heavy atom. The highest BCUT2D eigenvalue weighted by atomic mass is 16.2. The van der Waals surface area contributed by atoms with Gasteiger partial charge < -0.3 is 10.6 Å². The molecule has 132 valence electrons. The fraction of sp³-hybridized carbons (Fsp3) is 0.600. The van der Waals surface area contributed by atoms with Gasteiger partial charge in [-0.05, 0) is 44.4 Å². The van der Waals surface area contributed by atoms with E-state index in [1.807, 2.05) is 52.0 Å². The maximum Gasteiger partial charge on any atom is 0.230 e. The van der Waals surface area contributed by atoms with Crippen molar-refractivity contribution in [3.8, 4) is 0 Å². The Kier molecular flexibility index (Phi) is 6.03. The van der Waals surface area contributed by atoms with Crippen molar-refractivity contribution >= 4 is 17.5 Å². The van der Waals surface area contributed by atoms with E-state index in [-0.39, 0.29) is 23.8 Å². The van der Waals surface area contributed by atoms with Crippen LogP contribution >= 0.6 is 0 Å². The molecule has 0 atom stereocenters. The lowest BCUT2D eigenvalue weighted by Gasteiger charge is -2.37. The number of carbonyl (C=O) groups excluding carboxylic acids is 2. The summed E-state index contributed by atoms with van der Waals surface area (Å²) in [6, 6.07) is 7.96. The molecule has 0 radical (unpaired) electrons. The summed E-state index contributed by atoms with van der Waals surface area (Å²) in [6.07, 6.45) is 5.14. The molecule has 2 N–H and O–H groups in total. The first-order valence-corrected chi connectivity index (χ1v) is 9.07. The zero-order valence-corrected chi connectivity index (χ0v) is 15.3. The van der Waals surface area contributed by atoms with Gasteiger partial charge in [0.25, 0.3) is 0 Å². The fourth-order valence-electron chi connectivity index (χ4n) is 3.36. The van der Waals surface area contributed by atoms with Crippen LogP contribution in [-0.2, 0) is 15.0 Å². The van der Waals surface area contributed by atoms with Crippen LogP contribution in [0.2, 0.25) is 0 Å². The third-order valence-corrected chi connectivity index (χ3v) is 4.79. The number of anilines is 1. The van der Waals surface area contributed by atoms with E-state index < -0.39 is 5.41 Å². The van der Waals surface area contributed by atoms with Crippen LogP contribution in [0.4, 0.5) is 5.69 Å². The molecular weight excluding hydrogens is 300 g/mol. The normalized spacial score (nSPS) is 16.9. The second kappa shape index (κ2) is 7.82. The molecule has 0 spiro atoms. The maximum atomic E-state index is 12.9. The number of rotatable bonds is 5. The lowest BCUT2D eigenvalue weighted by atomic mass is 9.68. The number of hydrogen-bond acceptors (Lipinski definition) is 2. The van der Waals surface area contributed by atoms with Gasteiger partial charge >= 0.3 is 0 Å². The summed E-state index contributed by atoms with van der Waals surface area (Å²) < 4.78 is 0. The van der Waals surface area contributed by atoms with Crippen molar-refractivity contribution in [1.29, 1.82) is 0 Å². The average Bonchev–Trinajstić information content (AvgIpc) is 2.55. The maximum absolute atomic E-state index is 12.9. The average molecular weight is 330 g/mol. The molecule has 1 aliphatic carbocycles. The van der Waals surface area contributed by atoms with Gasteiger partial charge in [-0.2, -0.15) is 0 Å². The first-order valence-electron chi connectivity index (χ1n) is 9.07. The van der Waals surface area contributed by atoms with Gasteiger partial charge in [0, 0.05) is 17.6 Å². The quantitative estimate of drug-likeness (QED) is 0.857. The van der Waals surface area contributed by atoms with Gasteiger partial charge in [-0.25, -0.2) is 0 Å². The highest BCUT2D eigenvalue weighted by Gasteiger charge is 2.41. The Morgan fingerprint density at radius 2 is 1.54 bits per heavy atom. The molecule has 4 heteroatoms. The summed E-state index contributed by atoms with van der Waals surface area (Å²) in [7, 11) is 0. The molecule has 0 bridgehead atoms. The summed E-state index contributed by atoms with van der Waals surface area (Å²) in [6.45, 7) is 7.74. The molecule has 0 saturated heterocycles. The Morgan fingerprint density at radius 1 is 0.958 bits per heavy atom. The SMILES string of the molecule is CC(C)NC(=O)C1(c2ccc(NC(=O)C(C)C)cc2)CCCCC1. The molecule has 24 heavy (non-hydrogen) atoms. The van der Waals surface area contributed by atoms with E-state index in [2.05, 4.69) is 10.6 Å². The number of carbonyl (C=O) groups is 2. The van der Waals surface area contributed by atoms with Crippen molar-refractivity contribution < 1.29 is 9.59 Å². The zero-order valence-electron chi connectivity index (χ0n) is 15.3. The van der Waals surface area contributed by atoms with Crippen molar-refractivity contribution in [2.45, 2.75) is 71.3 Å². The van der Waals surface area contributed by atoms with Crippen LogP contribution in [0.3, 0.4) is 0 Å². The smallest absolute Gasteiger partial charge is 0.230 e. The second-order valence-corrected chi connectivity index (χ2v) is 7.49. The van der Waals surface area contributed by atoms with Crippen LogP contribution in [0, 0.1) is 5.92 Å². The molecule has 1 aliphatic rings. The number of hydrogen-bond donors (Lipinski definition) is 2. The predicted molar refractivity (Wildman–Crippen MR) is 98.0 cm³/mol. The molecule has 0 aliphatic heterocycles. The van der Waals surface area contributed by atoms with E-state index in [1.54, 1.807) is 0 Å². The van der Waals surface area contributed by atoms with E-state index in [0.29, 0.717) is 0 Å². The second-order valence-electron chi connectivity index (χ2n) is 7.49. The van der Waals surface area contributed by atoms with Crippen molar-refractivity contribution in [1.82, 2.24) is 5.32 Å². The summed E-state index contributed by atoms with van der Waals surface area (Å²) in [5.41, 5.74) is 1.42. The first-order chi connectivity index (χ1) is 11.3. The monoisotopic (exact) mass is 330 g/mol. The molecule has 1 saturated carbocycles. The summed E-state index contributed by atoms with van der Waals surface area (Å²) in [5.74, 6) is 0.0926. The lowest BCUT2D eigenvalue weighted by Crippen LogP contribution is -2.48. The molecular formula is C20H30N2O2. The standard InChI is InChI=1S/C20H30N2O2/c1-14(2)18(23)22-17-10-8-16(9-11-17)20(12-6-5-7-13-20)19(24)21-15(3)4/h8-11,14-15H,5-7,12-13H2,1-4H3,(H,21,24)(H,22,23). The van der Waals surface area contributed by atoms with Gasteiger partial charge in [0.2, 0.25) is 11.8 Å². The summed E-state index contributed by atoms with van der Waals surface area (Å²) in [5, 5.41) is 6.01. The van der Waals surface area contributed by atoms with E-state index in [9.17, 15) is 9.59 Å². The van der Waals surface area contributed by atoms with Gasteiger partial charge in [-0.1, -0.05) is 45.2 Å². The molecule has 1 fully saturated rings. The number of nitrogens with one attached hydrogen (secondary N) is 2. The Labute approximate surface area is 145 Å². The molecule has 0 aromatic heterocycles. The molecule has 0 heterocycles. The van der Waals surface area contributed by atoms with E-state index in [4.69, 9.17) is 0 Å². The fourth-order valence-corrected chi connectivity index (χ4v) is 3.36. The van der Waals surface area contributed by atoms with Gasteiger partial charge in [-0.15, -0.1) is 0 Å². The van der Waals surface area contributed by atoms with Crippen LogP contribution in [0.1, 0.15) is 65.4 Å². The zero-order chi connectivity index (χ0) is 17.7. The minimum absolute atomic E-state index is 0.00711. The molecule has 2 amide bonds. The highest BCUT2D eigenvalue weighted by Crippen LogP contribution is 2.40. The van der Waals surface area contributed by atoms with Gasteiger partial charge in [0.15, 0.2) is 0 Å². The minimum atomic E-state index is -0.427. The van der Waals surface area contributed by atoms with Crippen LogP contribution in [-0.4, -0.2) is 17.9 Å². The van der Waals surface area contributed by atoms with Crippen molar-refractivity contribution in [3.63, 3.8) is 0 Å². The van der Waals surface area contributed by atoms with Crippen molar-refractivity contribution in [2.24, 2.45) is 5.92 Å². The van der Waals surface area contributed by atoms with Crippen LogP contribution in [0.5, 0.6) is 0 Å². The molecule has 4 nitrogen and oxygen atoms in total. The van der Waals surface area contributed by atoms with Crippen molar-refractivity contribution in [3.05, 3.63) is 29.8 Å². The van der Waals surface area contributed by atoms with Gasteiger partial charge in [0.1, 0.15) is 0 Å². The summed E-state index contributed by atoms with van der Waals surface area (Å²) in [4.78, 5) is 24.7. The van der Waals surface area contributed by atoms with Crippen molar-refractivity contribution in [2.75, 3.05) is 5.32 Å². The Hall–Kier alpha value is -1.84. The molecule has 2 rings (SSSR count). The third-order valence-electron chi connectivity index (χ3n) is 4.79. The van der Waals surface area contributed by atoms with Crippen LogP contribution in [0.15, 0.2) is 24.3 Å². The number of amides is 2. The van der Waals surface area contributed by atoms with Gasteiger partial charge in [-0.3, -0.25) is 9.59 Å². The van der Waals surface area contributed by atoms with Crippen LogP contribution < -0.4 is 10.6 Å². The Bertz CT molecular complexity index is 570. The molecule has 0 unspecified atom stereocenters. The van der Waals surface area contributed by atoms with E-state index in [0.717, 1.165) is 36.9 Å². The predicted octanol–water partition coefficient (Wildman–Crippen LogP) is 4.01. The van der Waals surface area contributed by atoms with Crippen LogP contribution in [0.25, 0.3) is 0 Å². The van der Waals surface area contributed by atoms with E-state index >= 15 is 0 Å².